The van der Waals surface area contributed by atoms with Gasteiger partial charge in [-0.2, -0.15) is 12.6 Å². The molecule has 0 heterocycles. The molecule has 0 radical (unpaired) electrons. The standard InChI is InChI=1S/C13H20O3S/c1-2-7-16-11-5-3-4-10(9-11)13(15)12(14)6-8-17/h3-5,9,12-15,17H,2,6-8H2,1H3. The Morgan fingerprint density at radius 3 is 2.76 bits per heavy atom. The number of aliphatic hydroxyl groups excluding tert-OH is 2. The molecule has 2 atom stereocenters. The number of benzene rings is 1. The summed E-state index contributed by atoms with van der Waals surface area (Å²) in [4.78, 5) is 0. The fourth-order valence-electron chi connectivity index (χ4n) is 1.52. The third kappa shape index (κ3) is 4.58. The van der Waals surface area contributed by atoms with Gasteiger partial charge < -0.3 is 14.9 Å². The van der Waals surface area contributed by atoms with Gasteiger partial charge in [-0.25, -0.2) is 0 Å². The van der Waals surface area contributed by atoms with Crippen LogP contribution in [0.2, 0.25) is 0 Å². The van der Waals surface area contributed by atoms with Crippen molar-refractivity contribution < 1.29 is 14.9 Å². The summed E-state index contributed by atoms with van der Waals surface area (Å²) in [6.07, 6.45) is -0.263. The van der Waals surface area contributed by atoms with Crippen molar-refractivity contribution in [1.29, 1.82) is 0 Å². The minimum atomic E-state index is -0.882. The molecule has 2 N–H and O–H groups in total. The van der Waals surface area contributed by atoms with E-state index < -0.39 is 12.2 Å². The molecule has 0 aliphatic rings. The number of hydrogen-bond acceptors (Lipinski definition) is 4. The van der Waals surface area contributed by atoms with Crippen LogP contribution in [0.5, 0.6) is 5.75 Å². The van der Waals surface area contributed by atoms with E-state index in [2.05, 4.69) is 12.6 Å². The van der Waals surface area contributed by atoms with Crippen molar-refractivity contribution in [3.63, 3.8) is 0 Å². The fraction of sp³-hybridized carbons (Fsp3) is 0.538. The summed E-state index contributed by atoms with van der Waals surface area (Å²) in [6, 6.07) is 7.21. The molecule has 0 fully saturated rings. The summed E-state index contributed by atoms with van der Waals surface area (Å²) in [5.74, 6) is 1.27. The Hall–Kier alpha value is -0.710. The maximum Gasteiger partial charge on any atom is 0.119 e. The molecule has 0 aromatic heterocycles. The smallest absolute Gasteiger partial charge is 0.119 e. The zero-order valence-corrected chi connectivity index (χ0v) is 10.9. The first kappa shape index (κ1) is 14.4. The Kier molecular flexibility index (Phi) is 6.40. The molecule has 0 spiro atoms. The maximum absolute atomic E-state index is 9.93. The van der Waals surface area contributed by atoms with Gasteiger partial charge in [0.05, 0.1) is 12.7 Å². The quantitative estimate of drug-likeness (QED) is 0.655. The molecule has 3 nitrogen and oxygen atoms in total. The van der Waals surface area contributed by atoms with Gasteiger partial charge in [-0.3, -0.25) is 0 Å². The first-order valence-electron chi connectivity index (χ1n) is 5.88. The van der Waals surface area contributed by atoms with E-state index >= 15 is 0 Å². The van der Waals surface area contributed by atoms with Crippen molar-refractivity contribution in [3.8, 4) is 5.75 Å². The third-order valence-electron chi connectivity index (χ3n) is 2.46. The zero-order valence-electron chi connectivity index (χ0n) is 10.0. The lowest BCUT2D eigenvalue weighted by molar-refractivity contribution is 0.0171. The van der Waals surface area contributed by atoms with Crippen molar-refractivity contribution in [1.82, 2.24) is 0 Å². The van der Waals surface area contributed by atoms with E-state index in [1.165, 1.54) is 0 Å². The molecule has 17 heavy (non-hydrogen) atoms. The highest BCUT2D eigenvalue weighted by Gasteiger charge is 2.17. The van der Waals surface area contributed by atoms with Gasteiger partial charge in [0, 0.05) is 0 Å². The second-order valence-electron chi connectivity index (χ2n) is 3.95. The molecule has 96 valence electrons. The van der Waals surface area contributed by atoms with Crippen LogP contribution in [0.3, 0.4) is 0 Å². The van der Waals surface area contributed by atoms with Crippen LogP contribution in [-0.2, 0) is 0 Å². The van der Waals surface area contributed by atoms with Gasteiger partial charge in [0.2, 0.25) is 0 Å². The van der Waals surface area contributed by atoms with E-state index in [1.54, 1.807) is 12.1 Å². The van der Waals surface area contributed by atoms with Gasteiger partial charge in [-0.15, -0.1) is 0 Å². The number of rotatable bonds is 7. The van der Waals surface area contributed by atoms with Crippen LogP contribution in [-0.4, -0.2) is 28.7 Å². The Balaban J connectivity index is 2.69. The molecular weight excluding hydrogens is 236 g/mol. The Morgan fingerprint density at radius 2 is 2.12 bits per heavy atom. The van der Waals surface area contributed by atoms with E-state index in [9.17, 15) is 10.2 Å². The average molecular weight is 256 g/mol. The molecule has 4 heteroatoms. The summed E-state index contributed by atoms with van der Waals surface area (Å²) in [5, 5.41) is 19.6. The summed E-state index contributed by atoms with van der Waals surface area (Å²) in [5.41, 5.74) is 0.674. The number of aliphatic hydroxyl groups is 2. The topological polar surface area (TPSA) is 49.7 Å². The van der Waals surface area contributed by atoms with Crippen LogP contribution in [0.4, 0.5) is 0 Å². The SMILES string of the molecule is CCCOc1cccc(C(O)C(O)CCS)c1. The molecule has 1 aromatic carbocycles. The second kappa shape index (κ2) is 7.58. The Bertz CT molecular complexity index is 330. The molecule has 1 aromatic rings. The Morgan fingerprint density at radius 1 is 1.35 bits per heavy atom. The monoisotopic (exact) mass is 256 g/mol. The average Bonchev–Trinajstić information content (AvgIpc) is 2.36. The van der Waals surface area contributed by atoms with Crippen LogP contribution in [0.15, 0.2) is 24.3 Å². The maximum atomic E-state index is 9.93. The molecule has 0 saturated heterocycles. The Labute approximate surface area is 108 Å². The second-order valence-corrected chi connectivity index (χ2v) is 4.39. The summed E-state index contributed by atoms with van der Waals surface area (Å²) < 4.78 is 5.48. The summed E-state index contributed by atoms with van der Waals surface area (Å²) >= 11 is 4.04. The lowest BCUT2D eigenvalue weighted by atomic mass is 10.0. The van der Waals surface area contributed by atoms with E-state index in [-0.39, 0.29) is 0 Å². The number of thiol groups is 1. The van der Waals surface area contributed by atoms with Crippen molar-refractivity contribution in [3.05, 3.63) is 29.8 Å². The summed E-state index contributed by atoms with van der Waals surface area (Å²) in [7, 11) is 0. The van der Waals surface area contributed by atoms with Crippen LogP contribution >= 0.6 is 12.6 Å². The number of hydrogen-bond donors (Lipinski definition) is 3. The van der Waals surface area contributed by atoms with Crippen molar-refractivity contribution >= 4 is 12.6 Å². The van der Waals surface area contributed by atoms with E-state index in [0.717, 1.165) is 12.2 Å². The van der Waals surface area contributed by atoms with Gasteiger partial charge >= 0.3 is 0 Å². The van der Waals surface area contributed by atoms with Gasteiger partial charge in [0.1, 0.15) is 11.9 Å². The van der Waals surface area contributed by atoms with E-state index in [4.69, 9.17) is 4.74 Å². The molecule has 0 amide bonds. The lowest BCUT2D eigenvalue weighted by Gasteiger charge is -2.18. The molecule has 0 bridgehead atoms. The van der Waals surface area contributed by atoms with Crippen molar-refractivity contribution in [2.75, 3.05) is 12.4 Å². The highest BCUT2D eigenvalue weighted by Crippen LogP contribution is 2.23. The molecular formula is C13H20O3S. The van der Waals surface area contributed by atoms with Gasteiger partial charge in [-0.1, -0.05) is 19.1 Å². The summed E-state index contributed by atoms with van der Waals surface area (Å²) in [6.45, 7) is 2.69. The van der Waals surface area contributed by atoms with E-state index in [0.29, 0.717) is 24.3 Å². The van der Waals surface area contributed by atoms with Crippen LogP contribution < -0.4 is 4.74 Å². The molecule has 0 aliphatic carbocycles. The van der Waals surface area contributed by atoms with Gasteiger partial charge in [-0.05, 0) is 36.3 Å². The van der Waals surface area contributed by atoms with Crippen molar-refractivity contribution in [2.45, 2.75) is 32.0 Å². The molecule has 0 aliphatic heterocycles. The predicted molar refractivity (Wildman–Crippen MR) is 71.7 cm³/mol. The fourth-order valence-corrected chi connectivity index (χ4v) is 1.79. The van der Waals surface area contributed by atoms with Crippen LogP contribution in [0.1, 0.15) is 31.4 Å². The van der Waals surface area contributed by atoms with Crippen LogP contribution in [0.25, 0.3) is 0 Å². The third-order valence-corrected chi connectivity index (χ3v) is 2.72. The number of ether oxygens (including phenoxy) is 1. The minimum absolute atomic E-state index is 0.463. The lowest BCUT2D eigenvalue weighted by Crippen LogP contribution is -2.18. The van der Waals surface area contributed by atoms with Gasteiger partial charge in [0.15, 0.2) is 0 Å². The van der Waals surface area contributed by atoms with E-state index in [1.807, 2.05) is 19.1 Å². The molecule has 2 unspecified atom stereocenters. The highest BCUT2D eigenvalue weighted by molar-refractivity contribution is 7.80. The van der Waals surface area contributed by atoms with Crippen molar-refractivity contribution in [2.24, 2.45) is 0 Å². The first-order valence-corrected chi connectivity index (χ1v) is 6.52. The van der Waals surface area contributed by atoms with Crippen LogP contribution in [0, 0.1) is 0 Å². The minimum Gasteiger partial charge on any atom is -0.494 e. The first-order chi connectivity index (χ1) is 8.19. The zero-order chi connectivity index (χ0) is 12.7. The molecule has 1 rings (SSSR count). The molecule has 0 saturated carbocycles. The normalized spacial score (nSPS) is 14.4. The van der Waals surface area contributed by atoms with Gasteiger partial charge in [0.25, 0.3) is 0 Å². The predicted octanol–water partition coefficient (Wildman–Crippen LogP) is 2.19. The largest absolute Gasteiger partial charge is 0.494 e. The highest BCUT2D eigenvalue weighted by atomic mass is 32.1.